The highest BCUT2D eigenvalue weighted by molar-refractivity contribution is 5.85. The lowest BCUT2D eigenvalue weighted by Crippen LogP contribution is -2.26. The summed E-state index contributed by atoms with van der Waals surface area (Å²) in [5, 5.41) is 0. The van der Waals surface area contributed by atoms with Crippen molar-refractivity contribution < 1.29 is 0 Å². The summed E-state index contributed by atoms with van der Waals surface area (Å²) in [6.45, 7) is 11.1. The highest BCUT2D eigenvalue weighted by atomic mass is 35.5. The van der Waals surface area contributed by atoms with Crippen LogP contribution in [0.15, 0.2) is 24.3 Å². The second-order valence-corrected chi connectivity index (χ2v) is 5.44. The van der Waals surface area contributed by atoms with E-state index in [1.54, 1.807) is 0 Å². The third-order valence-electron chi connectivity index (χ3n) is 3.63. The Kier molecular flexibility index (Phi) is 7.76. The van der Waals surface area contributed by atoms with Crippen LogP contribution in [0.1, 0.15) is 45.9 Å². The molecular weight excluding hydrogens is 282 g/mol. The molecule has 0 aliphatic rings. The van der Waals surface area contributed by atoms with Crippen molar-refractivity contribution in [1.29, 1.82) is 0 Å². The third kappa shape index (κ3) is 4.45. The molecule has 118 valence electrons. The number of aryl methyl sites for hydroxylation is 1. The molecule has 0 bridgehead atoms. The number of aromatic nitrogens is 2. The Hall–Kier alpha value is -1.06. The standard InChI is InChI=1S/C17H27N3.ClH/c1-4-11-19(12-5-2)14-17-18-15-9-7-8-10-16(15)20(17)13-6-3;/h7-10H,4-6,11-14H2,1-3H3;1H. The van der Waals surface area contributed by atoms with Gasteiger partial charge < -0.3 is 4.57 Å². The van der Waals surface area contributed by atoms with E-state index in [4.69, 9.17) is 4.98 Å². The molecule has 0 saturated heterocycles. The zero-order valence-corrected chi connectivity index (χ0v) is 14.3. The first-order valence-corrected chi connectivity index (χ1v) is 7.96. The van der Waals surface area contributed by atoms with Gasteiger partial charge in [-0.25, -0.2) is 4.98 Å². The first kappa shape index (κ1) is 18.0. The average molecular weight is 310 g/mol. The molecule has 0 amide bonds. The van der Waals surface area contributed by atoms with Crippen LogP contribution in [0.4, 0.5) is 0 Å². The largest absolute Gasteiger partial charge is 0.327 e. The molecule has 0 aliphatic heterocycles. The predicted molar refractivity (Wildman–Crippen MR) is 93.1 cm³/mol. The lowest BCUT2D eigenvalue weighted by Gasteiger charge is -2.21. The van der Waals surface area contributed by atoms with Crippen LogP contribution in [0.5, 0.6) is 0 Å². The van der Waals surface area contributed by atoms with E-state index in [0.29, 0.717) is 0 Å². The molecule has 3 nitrogen and oxygen atoms in total. The summed E-state index contributed by atoms with van der Waals surface area (Å²) >= 11 is 0. The number of fused-ring (bicyclic) bond motifs is 1. The summed E-state index contributed by atoms with van der Waals surface area (Å²) in [6, 6.07) is 8.49. The zero-order chi connectivity index (χ0) is 14.4. The first-order chi connectivity index (χ1) is 9.80. The van der Waals surface area contributed by atoms with E-state index >= 15 is 0 Å². The molecule has 1 aromatic heterocycles. The fourth-order valence-electron chi connectivity index (χ4n) is 2.82. The number of imidazole rings is 1. The van der Waals surface area contributed by atoms with Gasteiger partial charge in [-0.3, -0.25) is 4.90 Å². The molecule has 0 radical (unpaired) electrons. The quantitative estimate of drug-likeness (QED) is 0.716. The van der Waals surface area contributed by atoms with Crippen molar-refractivity contribution >= 4 is 23.4 Å². The third-order valence-corrected chi connectivity index (χ3v) is 3.63. The van der Waals surface area contributed by atoms with Gasteiger partial charge in [-0.05, 0) is 44.5 Å². The summed E-state index contributed by atoms with van der Waals surface area (Å²) in [5.74, 6) is 1.22. The summed E-state index contributed by atoms with van der Waals surface area (Å²) in [6.07, 6.45) is 3.55. The second kappa shape index (κ2) is 9.06. The Bertz CT molecular complexity index is 530. The normalized spacial score (nSPS) is 11.0. The van der Waals surface area contributed by atoms with Crippen LogP contribution in [0.3, 0.4) is 0 Å². The minimum absolute atomic E-state index is 0. The topological polar surface area (TPSA) is 21.1 Å². The fourth-order valence-corrected chi connectivity index (χ4v) is 2.82. The van der Waals surface area contributed by atoms with Crippen molar-refractivity contribution in [2.75, 3.05) is 13.1 Å². The lowest BCUT2D eigenvalue weighted by atomic mass is 10.3. The molecule has 4 heteroatoms. The van der Waals surface area contributed by atoms with Gasteiger partial charge in [0.2, 0.25) is 0 Å². The minimum Gasteiger partial charge on any atom is -0.327 e. The van der Waals surface area contributed by atoms with Gasteiger partial charge in [-0.1, -0.05) is 32.9 Å². The predicted octanol–water partition coefficient (Wildman–Crippen LogP) is 4.49. The molecule has 0 fully saturated rings. The van der Waals surface area contributed by atoms with E-state index in [0.717, 1.165) is 38.1 Å². The van der Waals surface area contributed by atoms with Gasteiger partial charge >= 0.3 is 0 Å². The molecule has 2 rings (SSSR count). The van der Waals surface area contributed by atoms with Gasteiger partial charge in [0.25, 0.3) is 0 Å². The smallest absolute Gasteiger partial charge is 0.124 e. The van der Waals surface area contributed by atoms with E-state index in [1.807, 2.05) is 0 Å². The number of para-hydroxylation sites is 2. The maximum absolute atomic E-state index is 4.86. The fraction of sp³-hybridized carbons (Fsp3) is 0.588. The van der Waals surface area contributed by atoms with Gasteiger partial charge in [0.05, 0.1) is 17.6 Å². The Morgan fingerprint density at radius 3 is 2.29 bits per heavy atom. The van der Waals surface area contributed by atoms with Gasteiger partial charge in [0.15, 0.2) is 0 Å². The van der Waals surface area contributed by atoms with Crippen molar-refractivity contribution in [2.24, 2.45) is 0 Å². The molecule has 0 atom stereocenters. The van der Waals surface area contributed by atoms with Crippen LogP contribution in [0.2, 0.25) is 0 Å². The molecule has 0 aliphatic carbocycles. The van der Waals surface area contributed by atoms with E-state index in [1.165, 1.54) is 24.2 Å². The Morgan fingerprint density at radius 2 is 1.67 bits per heavy atom. The molecule has 0 unspecified atom stereocenters. The summed E-state index contributed by atoms with van der Waals surface area (Å²) in [7, 11) is 0. The Balaban J connectivity index is 0.00000220. The molecule has 0 saturated carbocycles. The molecule has 1 heterocycles. The molecular formula is C17H28ClN3. The van der Waals surface area contributed by atoms with Crippen molar-refractivity contribution in [3.05, 3.63) is 30.1 Å². The minimum atomic E-state index is 0. The van der Waals surface area contributed by atoms with Crippen molar-refractivity contribution in [2.45, 2.75) is 53.1 Å². The van der Waals surface area contributed by atoms with E-state index in [9.17, 15) is 0 Å². The maximum atomic E-state index is 4.86. The van der Waals surface area contributed by atoms with Crippen LogP contribution in [-0.4, -0.2) is 27.5 Å². The van der Waals surface area contributed by atoms with Gasteiger partial charge in [-0.15, -0.1) is 12.4 Å². The number of halogens is 1. The van der Waals surface area contributed by atoms with Crippen LogP contribution in [0.25, 0.3) is 11.0 Å². The van der Waals surface area contributed by atoms with E-state index < -0.39 is 0 Å². The summed E-state index contributed by atoms with van der Waals surface area (Å²) in [4.78, 5) is 7.38. The van der Waals surface area contributed by atoms with Gasteiger partial charge in [-0.2, -0.15) is 0 Å². The van der Waals surface area contributed by atoms with Gasteiger partial charge in [0, 0.05) is 6.54 Å². The zero-order valence-electron chi connectivity index (χ0n) is 13.5. The Morgan fingerprint density at radius 1 is 1.00 bits per heavy atom. The van der Waals surface area contributed by atoms with Crippen molar-refractivity contribution in [3.8, 4) is 0 Å². The Labute approximate surface area is 134 Å². The van der Waals surface area contributed by atoms with Crippen LogP contribution >= 0.6 is 12.4 Å². The van der Waals surface area contributed by atoms with Crippen LogP contribution in [-0.2, 0) is 13.1 Å². The molecule has 21 heavy (non-hydrogen) atoms. The number of nitrogens with zero attached hydrogens (tertiary/aromatic N) is 3. The highest BCUT2D eigenvalue weighted by Gasteiger charge is 2.12. The van der Waals surface area contributed by atoms with E-state index in [2.05, 4.69) is 54.5 Å². The molecule has 2 aromatic rings. The highest BCUT2D eigenvalue weighted by Crippen LogP contribution is 2.18. The van der Waals surface area contributed by atoms with Crippen molar-refractivity contribution in [3.63, 3.8) is 0 Å². The monoisotopic (exact) mass is 309 g/mol. The SMILES string of the molecule is CCCN(CCC)Cc1nc2ccccc2n1CCC.Cl. The summed E-state index contributed by atoms with van der Waals surface area (Å²) < 4.78 is 2.40. The number of rotatable bonds is 8. The average Bonchev–Trinajstić information content (AvgIpc) is 2.78. The van der Waals surface area contributed by atoms with E-state index in [-0.39, 0.29) is 12.4 Å². The van der Waals surface area contributed by atoms with Crippen LogP contribution < -0.4 is 0 Å². The first-order valence-electron chi connectivity index (χ1n) is 7.96. The summed E-state index contributed by atoms with van der Waals surface area (Å²) in [5.41, 5.74) is 2.40. The molecule has 0 N–H and O–H groups in total. The molecule has 1 aromatic carbocycles. The van der Waals surface area contributed by atoms with Crippen molar-refractivity contribution in [1.82, 2.24) is 14.5 Å². The molecule has 0 spiro atoms. The van der Waals surface area contributed by atoms with Crippen LogP contribution in [0, 0.1) is 0 Å². The van der Waals surface area contributed by atoms with Gasteiger partial charge in [0.1, 0.15) is 5.82 Å². The lowest BCUT2D eigenvalue weighted by molar-refractivity contribution is 0.256. The maximum Gasteiger partial charge on any atom is 0.124 e. The second-order valence-electron chi connectivity index (χ2n) is 5.44. The number of benzene rings is 1. The number of hydrogen-bond acceptors (Lipinski definition) is 2. The number of hydrogen-bond donors (Lipinski definition) is 0.